The van der Waals surface area contributed by atoms with E-state index in [1.807, 2.05) is 18.6 Å². The van der Waals surface area contributed by atoms with Crippen molar-refractivity contribution >= 4 is 29.3 Å². The predicted molar refractivity (Wildman–Crippen MR) is 50.6 cm³/mol. The van der Waals surface area contributed by atoms with Crippen LogP contribution < -0.4 is 0 Å². The van der Waals surface area contributed by atoms with Crippen LogP contribution in [0.2, 0.25) is 0 Å². The molecule has 0 radical (unpaired) electrons. The molecule has 0 saturated carbocycles. The molecule has 58 valence electrons. The third-order valence-corrected chi connectivity index (χ3v) is 3.35. The van der Waals surface area contributed by atoms with Gasteiger partial charge in [-0.15, -0.1) is 23.5 Å². The molecule has 0 spiro atoms. The first-order valence-corrected chi connectivity index (χ1v) is 5.52. The molecule has 0 N–H and O–H groups in total. The van der Waals surface area contributed by atoms with E-state index in [4.69, 9.17) is 0 Å². The van der Waals surface area contributed by atoms with Gasteiger partial charge in [-0.3, -0.25) is 4.79 Å². The van der Waals surface area contributed by atoms with Gasteiger partial charge in [-0.25, -0.2) is 0 Å². The van der Waals surface area contributed by atoms with Gasteiger partial charge in [-0.1, -0.05) is 6.08 Å². The Hall–Kier alpha value is 0.110. The second-order valence-corrected chi connectivity index (χ2v) is 4.07. The molecule has 0 heterocycles. The highest BCUT2D eigenvalue weighted by atomic mass is 32.2. The number of ketones is 1. The van der Waals surface area contributed by atoms with Gasteiger partial charge in [0.05, 0.1) is 4.58 Å². The average Bonchev–Trinajstić information content (AvgIpc) is 1.90. The van der Waals surface area contributed by atoms with Crippen molar-refractivity contribution in [3.63, 3.8) is 0 Å². The second kappa shape index (κ2) is 5.86. The van der Waals surface area contributed by atoms with Crippen LogP contribution in [0.4, 0.5) is 0 Å². The van der Waals surface area contributed by atoms with Crippen molar-refractivity contribution in [2.75, 3.05) is 12.5 Å². The molecular formula is C7H12OS2. The highest BCUT2D eigenvalue weighted by molar-refractivity contribution is 8.16. The van der Waals surface area contributed by atoms with E-state index in [0.717, 1.165) is 0 Å². The lowest BCUT2D eigenvalue weighted by Gasteiger charge is -2.02. The van der Waals surface area contributed by atoms with Crippen molar-refractivity contribution in [3.8, 4) is 0 Å². The summed E-state index contributed by atoms with van der Waals surface area (Å²) in [6, 6.07) is 0. The van der Waals surface area contributed by atoms with E-state index in [-0.39, 0.29) is 5.78 Å². The van der Waals surface area contributed by atoms with E-state index >= 15 is 0 Å². The number of thioether (sulfide) groups is 2. The molecule has 0 amide bonds. The number of hydrogen-bond donors (Lipinski definition) is 0. The number of allylic oxidation sites excluding steroid dienone is 1. The van der Waals surface area contributed by atoms with Crippen LogP contribution in [0.3, 0.4) is 0 Å². The Morgan fingerprint density at radius 1 is 1.40 bits per heavy atom. The summed E-state index contributed by atoms with van der Waals surface area (Å²) in [5, 5.41) is 0. The maximum absolute atomic E-state index is 10.5. The molecule has 0 aromatic rings. The quantitative estimate of drug-likeness (QED) is 0.483. The van der Waals surface area contributed by atoms with Crippen LogP contribution in [0.25, 0.3) is 0 Å². The largest absolute Gasteiger partial charge is 0.295 e. The lowest BCUT2D eigenvalue weighted by atomic mass is 10.4. The minimum absolute atomic E-state index is 0.119. The Morgan fingerprint density at radius 2 is 1.90 bits per heavy atom. The molecule has 0 fully saturated rings. The van der Waals surface area contributed by atoms with Crippen LogP contribution in [0.5, 0.6) is 0 Å². The van der Waals surface area contributed by atoms with Crippen LogP contribution in [-0.4, -0.2) is 22.9 Å². The fourth-order valence-electron chi connectivity index (χ4n) is 0.467. The van der Waals surface area contributed by atoms with E-state index in [9.17, 15) is 4.79 Å². The third kappa shape index (κ3) is 4.94. The van der Waals surface area contributed by atoms with Gasteiger partial charge in [-0.05, 0) is 25.5 Å². The Balaban J connectivity index is 3.72. The minimum atomic E-state index is 0.119. The number of carbonyl (C=O) groups excluding carboxylic acids is 1. The summed E-state index contributed by atoms with van der Waals surface area (Å²) in [7, 11) is 0. The van der Waals surface area contributed by atoms with Crippen molar-refractivity contribution in [1.82, 2.24) is 0 Å². The maximum atomic E-state index is 10.5. The first-order chi connectivity index (χ1) is 4.70. The highest BCUT2D eigenvalue weighted by Crippen LogP contribution is 2.19. The first-order valence-electron chi connectivity index (χ1n) is 2.95. The maximum Gasteiger partial charge on any atom is 0.152 e. The summed E-state index contributed by atoms with van der Waals surface area (Å²) in [6.45, 7) is 1.56. The molecule has 3 heteroatoms. The number of rotatable bonds is 4. The molecule has 0 aromatic heterocycles. The van der Waals surface area contributed by atoms with E-state index in [0.29, 0.717) is 4.58 Å². The van der Waals surface area contributed by atoms with Gasteiger partial charge in [0.25, 0.3) is 0 Å². The van der Waals surface area contributed by atoms with Crippen molar-refractivity contribution in [2.24, 2.45) is 0 Å². The van der Waals surface area contributed by atoms with Crippen molar-refractivity contribution in [2.45, 2.75) is 11.5 Å². The van der Waals surface area contributed by atoms with Crippen molar-refractivity contribution < 1.29 is 4.79 Å². The Morgan fingerprint density at radius 3 is 2.20 bits per heavy atom. The van der Waals surface area contributed by atoms with Gasteiger partial charge < -0.3 is 0 Å². The Bertz CT molecular complexity index is 128. The molecule has 0 rings (SSSR count). The fraction of sp³-hybridized carbons (Fsp3) is 0.571. The molecular weight excluding hydrogens is 164 g/mol. The zero-order valence-electron chi connectivity index (χ0n) is 6.46. The van der Waals surface area contributed by atoms with Gasteiger partial charge in [0, 0.05) is 0 Å². The topological polar surface area (TPSA) is 17.1 Å². The van der Waals surface area contributed by atoms with Crippen molar-refractivity contribution in [3.05, 3.63) is 12.2 Å². The van der Waals surface area contributed by atoms with E-state index in [2.05, 4.69) is 0 Å². The lowest BCUT2D eigenvalue weighted by molar-refractivity contribution is -0.112. The first kappa shape index (κ1) is 10.1. The van der Waals surface area contributed by atoms with Crippen LogP contribution in [0, 0.1) is 0 Å². The molecule has 0 aromatic carbocycles. The van der Waals surface area contributed by atoms with Gasteiger partial charge in [0.1, 0.15) is 0 Å². The molecule has 0 saturated heterocycles. The van der Waals surface area contributed by atoms with Gasteiger partial charge in [-0.2, -0.15) is 0 Å². The number of carbonyl (C=O) groups is 1. The van der Waals surface area contributed by atoms with E-state index in [1.165, 1.54) is 0 Å². The molecule has 0 unspecified atom stereocenters. The normalized spacial score (nSPS) is 11.2. The summed E-state index contributed by atoms with van der Waals surface area (Å²) in [4.78, 5) is 10.5. The van der Waals surface area contributed by atoms with E-state index < -0.39 is 0 Å². The molecule has 0 aliphatic rings. The minimum Gasteiger partial charge on any atom is -0.295 e. The third-order valence-electron chi connectivity index (χ3n) is 0.953. The zero-order valence-corrected chi connectivity index (χ0v) is 8.09. The summed E-state index contributed by atoms with van der Waals surface area (Å²) in [5.74, 6) is 0.119. The molecule has 0 bridgehead atoms. The van der Waals surface area contributed by atoms with Gasteiger partial charge in [0.15, 0.2) is 5.78 Å². The summed E-state index contributed by atoms with van der Waals surface area (Å²) in [5.41, 5.74) is 0. The molecule has 0 aliphatic heterocycles. The van der Waals surface area contributed by atoms with Crippen LogP contribution >= 0.6 is 23.5 Å². The molecule has 0 atom stereocenters. The zero-order chi connectivity index (χ0) is 7.98. The SMILES string of the molecule is CSC(/C=C/C(C)=O)SC. The highest BCUT2D eigenvalue weighted by Gasteiger charge is 1.97. The van der Waals surface area contributed by atoms with Crippen molar-refractivity contribution in [1.29, 1.82) is 0 Å². The standard InChI is InChI=1S/C7H12OS2/c1-6(8)4-5-7(9-2)10-3/h4-5,7H,1-3H3/b5-4+. The predicted octanol–water partition coefficient (Wildman–Crippen LogP) is 2.18. The Labute approximate surface area is 70.6 Å². The fourth-order valence-corrected chi connectivity index (χ4v) is 1.71. The number of hydrogen-bond acceptors (Lipinski definition) is 3. The summed E-state index contributed by atoms with van der Waals surface area (Å²) in [6.07, 6.45) is 7.62. The summed E-state index contributed by atoms with van der Waals surface area (Å²) >= 11 is 3.47. The smallest absolute Gasteiger partial charge is 0.152 e. The van der Waals surface area contributed by atoms with Crippen LogP contribution in [0.15, 0.2) is 12.2 Å². The van der Waals surface area contributed by atoms with Crippen LogP contribution in [0.1, 0.15) is 6.92 Å². The molecule has 0 aliphatic carbocycles. The van der Waals surface area contributed by atoms with E-state index in [1.54, 1.807) is 36.5 Å². The van der Waals surface area contributed by atoms with Gasteiger partial charge >= 0.3 is 0 Å². The average molecular weight is 176 g/mol. The van der Waals surface area contributed by atoms with Gasteiger partial charge in [0.2, 0.25) is 0 Å². The van der Waals surface area contributed by atoms with Crippen LogP contribution in [-0.2, 0) is 4.79 Å². The lowest BCUT2D eigenvalue weighted by Crippen LogP contribution is -1.90. The second-order valence-electron chi connectivity index (χ2n) is 1.81. The Kier molecular flexibility index (Phi) is 5.93. The molecule has 1 nitrogen and oxygen atoms in total. The monoisotopic (exact) mass is 176 g/mol. The molecule has 10 heavy (non-hydrogen) atoms. The summed E-state index contributed by atoms with van der Waals surface area (Å²) < 4.78 is 0.420.